The normalized spacial score (nSPS) is 12.5. The minimum atomic E-state index is -0.490. The Morgan fingerprint density at radius 2 is 1.65 bits per heavy atom. The number of carbonyl (C=O) groups is 3. The van der Waals surface area contributed by atoms with Crippen molar-refractivity contribution in [3.05, 3.63) is 131 Å². The van der Waals surface area contributed by atoms with Gasteiger partial charge in [-0.3, -0.25) is 14.4 Å². The molecule has 4 aromatic carbocycles. The van der Waals surface area contributed by atoms with Crippen molar-refractivity contribution in [3.63, 3.8) is 0 Å². The van der Waals surface area contributed by atoms with Crippen LogP contribution in [0.2, 0.25) is 5.02 Å². The number of para-hydroxylation sites is 1. The molecule has 1 aliphatic heterocycles. The summed E-state index contributed by atoms with van der Waals surface area (Å²) in [7, 11) is 0. The summed E-state index contributed by atoms with van der Waals surface area (Å²) >= 11 is 7.54. The van der Waals surface area contributed by atoms with E-state index in [1.807, 2.05) is 47.4 Å². The number of anilines is 2. The van der Waals surface area contributed by atoms with E-state index in [9.17, 15) is 14.4 Å². The van der Waals surface area contributed by atoms with Crippen LogP contribution >= 0.6 is 23.4 Å². The summed E-state index contributed by atoms with van der Waals surface area (Å²) in [5, 5.41) is 6.11. The third-order valence-electron chi connectivity index (χ3n) is 6.33. The lowest BCUT2D eigenvalue weighted by Gasteiger charge is -2.17. The second kappa shape index (κ2) is 12.7. The molecule has 0 atom stereocenters. The topological polar surface area (TPSA) is 78.5 Å². The van der Waals surface area contributed by atoms with E-state index < -0.39 is 11.8 Å². The molecule has 3 amide bonds. The molecule has 0 saturated carbocycles. The molecule has 0 bridgehead atoms. The molecule has 2 N–H and O–H groups in total. The van der Waals surface area contributed by atoms with E-state index in [1.165, 1.54) is 17.3 Å². The van der Waals surface area contributed by atoms with Crippen LogP contribution in [0.25, 0.3) is 6.08 Å². The van der Waals surface area contributed by atoms with Crippen LogP contribution in [0.4, 0.5) is 11.4 Å². The van der Waals surface area contributed by atoms with Gasteiger partial charge in [-0.15, -0.1) is 11.8 Å². The van der Waals surface area contributed by atoms with Gasteiger partial charge >= 0.3 is 0 Å². The van der Waals surface area contributed by atoms with E-state index in [0.717, 1.165) is 17.0 Å². The molecule has 0 radical (unpaired) electrons. The first-order chi connectivity index (χ1) is 19.5. The predicted octanol–water partition coefficient (Wildman–Crippen LogP) is 6.43. The second-order valence-corrected chi connectivity index (χ2v) is 10.6. The van der Waals surface area contributed by atoms with Crippen molar-refractivity contribution in [2.45, 2.75) is 11.3 Å². The van der Waals surface area contributed by atoms with Gasteiger partial charge in [-0.1, -0.05) is 66.2 Å². The zero-order chi connectivity index (χ0) is 27.9. The summed E-state index contributed by atoms with van der Waals surface area (Å²) in [6, 6.07) is 30.9. The van der Waals surface area contributed by atoms with Crippen LogP contribution in [-0.4, -0.2) is 30.0 Å². The van der Waals surface area contributed by atoms with Crippen LogP contribution in [0, 0.1) is 0 Å². The summed E-state index contributed by atoms with van der Waals surface area (Å²) < 4.78 is 0. The number of carbonyl (C=O) groups excluding carboxylic acids is 3. The number of benzene rings is 4. The SMILES string of the molecule is O=C(Nc1cccc(SCC(=O)N2CCc3ccccc32)c1)/C(=C/c1cccc(Cl)c1)NC(=O)c1ccccc1. The number of hydrogen-bond acceptors (Lipinski definition) is 4. The van der Waals surface area contributed by atoms with E-state index in [0.29, 0.717) is 28.4 Å². The summed E-state index contributed by atoms with van der Waals surface area (Å²) in [5.74, 6) is -0.579. The standard InChI is InChI=1S/C32H26ClN3O3S/c33-25-12-6-8-22(18-25)19-28(35-31(38)24-10-2-1-3-11-24)32(39)34-26-13-7-14-27(20-26)40-21-30(37)36-17-16-23-9-4-5-15-29(23)36/h1-15,18-20H,16-17,21H2,(H,34,39)(H,35,38)/b28-19-. The largest absolute Gasteiger partial charge is 0.321 e. The van der Waals surface area contributed by atoms with E-state index >= 15 is 0 Å². The fourth-order valence-corrected chi connectivity index (χ4v) is 5.42. The Labute approximate surface area is 242 Å². The lowest BCUT2D eigenvalue weighted by molar-refractivity contribution is -0.116. The highest BCUT2D eigenvalue weighted by Crippen LogP contribution is 2.29. The van der Waals surface area contributed by atoms with Gasteiger partial charge in [0.25, 0.3) is 11.8 Å². The Morgan fingerprint density at radius 3 is 2.48 bits per heavy atom. The van der Waals surface area contributed by atoms with Gasteiger partial charge in [-0.2, -0.15) is 0 Å². The zero-order valence-electron chi connectivity index (χ0n) is 21.5. The summed E-state index contributed by atoms with van der Waals surface area (Å²) in [6.07, 6.45) is 2.44. The lowest BCUT2D eigenvalue weighted by Crippen LogP contribution is -2.30. The first kappa shape index (κ1) is 27.2. The Balaban J connectivity index is 1.28. The second-order valence-electron chi connectivity index (χ2n) is 9.13. The van der Waals surface area contributed by atoms with Crippen molar-refractivity contribution in [1.82, 2.24) is 5.32 Å². The van der Waals surface area contributed by atoms with Crippen molar-refractivity contribution < 1.29 is 14.4 Å². The smallest absolute Gasteiger partial charge is 0.272 e. The van der Waals surface area contributed by atoms with E-state index in [4.69, 9.17) is 11.6 Å². The Hall–Kier alpha value is -4.33. The number of nitrogens with zero attached hydrogens (tertiary/aromatic N) is 1. The molecular formula is C32H26ClN3O3S. The molecule has 4 aromatic rings. The maximum absolute atomic E-state index is 13.3. The van der Waals surface area contributed by atoms with Crippen LogP contribution in [0.1, 0.15) is 21.5 Å². The number of halogens is 1. The molecular weight excluding hydrogens is 542 g/mol. The fraction of sp³-hybridized carbons (Fsp3) is 0.0938. The molecule has 8 heteroatoms. The van der Waals surface area contributed by atoms with Gasteiger partial charge in [0.15, 0.2) is 0 Å². The van der Waals surface area contributed by atoms with E-state index in [2.05, 4.69) is 16.7 Å². The highest BCUT2D eigenvalue weighted by molar-refractivity contribution is 8.00. The fourth-order valence-electron chi connectivity index (χ4n) is 4.39. The molecule has 1 heterocycles. The van der Waals surface area contributed by atoms with Gasteiger partial charge in [0, 0.05) is 33.4 Å². The Bertz CT molecular complexity index is 1590. The Morgan fingerprint density at radius 1 is 0.875 bits per heavy atom. The molecule has 0 fully saturated rings. The first-order valence-electron chi connectivity index (χ1n) is 12.7. The number of thioether (sulfide) groups is 1. The molecule has 0 aromatic heterocycles. The van der Waals surface area contributed by atoms with Crippen LogP contribution in [0.5, 0.6) is 0 Å². The average Bonchev–Trinajstić information content (AvgIpc) is 3.41. The van der Waals surface area contributed by atoms with Crippen LogP contribution in [-0.2, 0) is 16.0 Å². The van der Waals surface area contributed by atoms with Crippen molar-refractivity contribution >= 4 is 58.5 Å². The van der Waals surface area contributed by atoms with Gasteiger partial charge in [0.1, 0.15) is 5.70 Å². The summed E-state index contributed by atoms with van der Waals surface area (Å²) in [4.78, 5) is 41.8. The number of nitrogens with one attached hydrogen (secondary N) is 2. The molecule has 40 heavy (non-hydrogen) atoms. The first-order valence-corrected chi connectivity index (χ1v) is 14.1. The lowest BCUT2D eigenvalue weighted by atomic mass is 10.1. The number of fused-ring (bicyclic) bond motifs is 1. The third-order valence-corrected chi connectivity index (χ3v) is 7.54. The van der Waals surface area contributed by atoms with Crippen LogP contribution < -0.4 is 15.5 Å². The van der Waals surface area contributed by atoms with Gasteiger partial charge in [0.2, 0.25) is 5.91 Å². The van der Waals surface area contributed by atoms with Crippen molar-refractivity contribution in [1.29, 1.82) is 0 Å². The summed E-state index contributed by atoms with van der Waals surface area (Å²) in [5.41, 5.74) is 3.86. The van der Waals surface area contributed by atoms with E-state index in [-0.39, 0.29) is 17.4 Å². The minimum Gasteiger partial charge on any atom is -0.321 e. The van der Waals surface area contributed by atoms with Crippen molar-refractivity contribution in [2.24, 2.45) is 0 Å². The maximum atomic E-state index is 13.3. The zero-order valence-corrected chi connectivity index (χ0v) is 23.0. The number of hydrogen-bond donors (Lipinski definition) is 2. The number of amides is 3. The molecule has 0 aliphatic carbocycles. The molecule has 0 saturated heterocycles. The quantitative estimate of drug-likeness (QED) is 0.190. The van der Waals surface area contributed by atoms with Gasteiger partial charge < -0.3 is 15.5 Å². The van der Waals surface area contributed by atoms with Gasteiger partial charge in [-0.25, -0.2) is 0 Å². The molecule has 1 aliphatic rings. The van der Waals surface area contributed by atoms with Gasteiger partial charge in [0.05, 0.1) is 5.75 Å². The molecule has 5 rings (SSSR count). The van der Waals surface area contributed by atoms with Crippen molar-refractivity contribution in [2.75, 3.05) is 22.5 Å². The summed E-state index contributed by atoms with van der Waals surface area (Å²) in [6.45, 7) is 0.686. The monoisotopic (exact) mass is 567 g/mol. The molecule has 6 nitrogen and oxygen atoms in total. The third kappa shape index (κ3) is 6.81. The van der Waals surface area contributed by atoms with Gasteiger partial charge in [-0.05, 0) is 72.2 Å². The number of rotatable bonds is 8. The van der Waals surface area contributed by atoms with Crippen LogP contribution in [0.3, 0.4) is 0 Å². The molecule has 0 spiro atoms. The minimum absolute atomic E-state index is 0.0414. The highest BCUT2D eigenvalue weighted by atomic mass is 35.5. The average molecular weight is 568 g/mol. The van der Waals surface area contributed by atoms with E-state index in [1.54, 1.807) is 60.7 Å². The maximum Gasteiger partial charge on any atom is 0.272 e. The Kier molecular flexibility index (Phi) is 8.64. The van der Waals surface area contributed by atoms with Crippen molar-refractivity contribution in [3.8, 4) is 0 Å². The highest BCUT2D eigenvalue weighted by Gasteiger charge is 2.24. The van der Waals surface area contributed by atoms with Crippen LogP contribution in [0.15, 0.2) is 114 Å². The predicted molar refractivity (Wildman–Crippen MR) is 162 cm³/mol. The molecule has 200 valence electrons. The molecule has 0 unspecified atom stereocenters.